The van der Waals surface area contributed by atoms with Gasteiger partial charge in [0, 0.05) is 23.7 Å². The molecule has 1 aliphatic heterocycles. The number of aliphatic imine (C=N–C) groups is 1. The van der Waals surface area contributed by atoms with Crippen molar-refractivity contribution in [2.45, 2.75) is 44.2 Å². The van der Waals surface area contributed by atoms with Crippen molar-refractivity contribution in [2.75, 3.05) is 18.5 Å². The quantitative estimate of drug-likeness (QED) is 0.456. The number of rotatable bonds is 7. The first-order chi connectivity index (χ1) is 17.2. The van der Waals surface area contributed by atoms with Gasteiger partial charge in [0.05, 0.1) is 17.9 Å². The first-order valence-corrected chi connectivity index (χ1v) is 12.0. The van der Waals surface area contributed by atoms with Gasteiger partial charge in [-0.15, -0.1) is 0 Å². The van der Waals surface area contributed by atoms with E-state index in [2.05, 4.69) is 30.3 Å². The van der Waals surface area contributed by atoms with Crippen molar-refractivity contribution in [1.29, 1.82) is 0 Å². The maximum Gasteiger partial charge on any atom is 0.422 e. The lowest BCUT2D eigenvalue weighted by atomic mass is 9.73. The van der Waals surface area contributed by atoms with Crippen LogP contribution in [0.2, 0.25) is 0 Å². The van der Waals surface area contributed by atoms with Crippen molar-refractivity contribution in [3.05, 3.63) is 47.7 Å². The van der Waals surface area contributed by atoms with Crippen molar-refractivity contribution in [3.63, 3.8) is 0 Å². The van der Waals surface area contributed by atoms with Crippen LogP contribution in [0, 0.1) is 11.7 Å². The molecule has 2 heterocycles. The summed E-state index contributed by atoms with van der Waals surface area (Å²) in [5, 5.41) is 5.46. The molecule has 0 spiro atoms. The lowest BCUT2D eigenvalue weighted by Crippen LogP contribution is -2.56. The second kappa shape index (κ2) is 10.5. The lowest BCUT2D eigenvalue weighted by molar-refractivity contribution is -0.154. The molecule has 1 aliphatic rings. The summed E-state index contributed by atoms with van der Waals surface area (Å²) in [5.41, 5.74) is 4.92. The molecule has 0 saturated heterocycles. The van der Waals surface area contributed by atoms with E-state index in [4.69, 9.17) is 5.73 Å². The molecule has 9 nitrogen and oxygen atoms in total. The van der Waals surface area contributed by atoms with E-state index in [1.807, 2.05) is 0 Å². The van der Waals surface area contributed by atoms with Crippen LogP contribution in [0.25, 0.3) is 0 Å². The molecule has 2 amide bonds. The summed E-state index contributed by atoms with van der Waals surface area (Å²) >= 11 is 1.10. The fourth-order valence-electron chi connectivity index (χ4n) is 3.91. The van der Waals surface area contributed by atoms with Crippen LogP contribution in [-0.4, -0.2) is 51.0 Å². The normalized spacial score (nSPS) is 23.7. The maximum atomic E-state index is 15.1. The number of carbonyl (C=O) groups is 2. The van der Waals surface area contributed by atoms with Crippen molar-refractivity contribution in [2.24, 2.45) is 16.6 Å². The molecule has 37 heavy (non-hydrogen) atoms. The highest BCUT2D eigenvalue weighted by Crippen LogP contribution is 2.50. The summed E-state index contributed by atoms with van der Waals surface area (Å²) in [6.07, 6.45) is -2.70. The van der Waals surface area contributed by atoms with E-state index < -0.39 is 46.6 Å². The third kappa shape index (κ3) is 6.12. The molecule has 1 aromatic heterocycles. The van der Waals surface area contributed by atoms with Gasteiger partial charge in [-0.2, -0.15) is 13.2 Å². The summed E-state index contributed by atoms with van der Waals surface area (Å²) in [4.78, 5) is 37.5. The fraction of sp³-hybridized carbons (Fsp3) is 0.435. The number of benzene rings is 1. The molecular formula is C23H26F4N6O3S. The zero-order valence-corrected chi connectivity index (χ0v) is 21.3. The third-order valence-corrected chi connectivity index (χ3v) is 7.39. The van der Waals surface area contributed by atoms with E-state index in [9.17, 15) is 22.8 Å². The van der Waals surface area contributed by atoms with Crippen molar-refractivity contribution >= 4 is 34.4 Å². The summed E-state index contributed by atoms with van der Waals surface area (Å²) in [6, 6.07) is 3.87. The Morgan fingerprint density at radius 3 is 2.51 bits per heavy atom. The molecule has 3 atom stereocenters. The highest BCUT2D eigenvalue weighted by Gasteiger charge is 2.53. The first-order valence-electron chi connectivity index (χ1n) is 11.1. The van der Waals surface area contributed by atoms with E-state index in [1.165, 1.54) is 12.1 Å². The first kappa shape index (κ1) is 28.2. The summed E-state index contributed by atoms with van der Waals surface area (Å²) < 4.78 is 55.4. The van der Waals surface area contributed by atoms with Crippen LogP contribution in [-0.2, 0) is 10.3 Å². The standard InChI is InChI=1S/C23H26F4N6O3S/c1-5-29-19(35)22(4)12(2)21(3,33-20(28)37-22)14-8-13(6-7-15(14)24)32-18(34)16-9-31-17(10-30-16)36-11-23(25,26)27/h6-10,12H,5,11H2,1-4H3,(H2,28,33)(H,29,35)(H,32,34)/t12?,21-,22-/m0/s1. The molecule has 0 fully saturated rings. The highest BCUT2D eigenvalue weighted by atomic mass is 32.2. The summed E-state index contributed by atoms with van der Waals surface area (Å²) in [7, 11) is 0. The number of nitrogens with one attached hydrogen (secondary N) is 2. The number of hydrogen-bond acceptors (Lipinski definition) is 8. The van der Waals surface area contributed by atoms with Gasteiger partial charge in [-0.1, -0.05) is 18.7 Å². The number of halogens is 4. The molecule has 2 aromatic rings. The Bertz CT molecular complexity index is 1210. The number of alkyl halides is 3. The number of hydrogen-bond donors (Lipinski definition) is 3. The molecule has 0 saturated carbocycles. The van der Waals surface area contributed by atoms with Crippen molar-refractivity contribution in [3.8, 4) is 5.88 Å². The van der Waals surface area contributed by atoms with Crippen LogP contribution < -0.4 is 21.1 Å². The smallest absolute Gasteiger partial charge is 0.422 e. The summed E-state index contributed by atoms with van der Waals surface area (Å²) in [5.74, 6) is -2.53. The van der Waals surface area contributed by atoms with Crippen LogP contribution in [0.1, 0.15) is 43.7 Å². The van der Waals surface area contributed by atoms with Crippen LogP contribution in [0.5, 0.6) is 5.88 Å². The number of nitrogens with zero attached hydrogens (tertiary/aromatic N) is 3. The van der Waals surface area contributed by atoms with Crippen LogP contribution in [0.4, 0.5) is 23.2 Å². The van der Waals surface area contributed by atoms with Crippen LogP contribution in [0.15, 0.2) is 35.6 Å². The second-order valence-electron chi connectivity index (χ2n) is 8.68. The zero-order valence-electron chi connectivity index (χ0n) is 20.4. The molecule has 0 bridgehead atoms. The Morgan fingerprint density at radius 1 is 1.22 bits per heavy atom. The molecule has 14 heteroatoms. The number of anilines is 1. The zero-order chi connectivity index (χ0) is 27.6. The van der Waals surface area contributed by atoms with E-state index in [-0.39, 0.29) is 28.0 Å². The van der Waals surface area contributed by atoms with Gasteiger partial charge in [0.2, 0.25) is 11.8 Å². The van der Waals surface area contributed by atoms with Crippen LogP contribution >= 0.6 is 11.8 Å². The van der Waals surface area contributed by atoms with Gasteiger partial charge in [-0.3, -0.25) is 14.6 Å². The van der Waals surface area contributed by atoms with Crippen molar-refractivity contribution < 1.29 is 31.9 Å². The van der Waals surface area contributed by atoms with Gasteiger partial charge in [-0.25, -0.2) is 14.4 Å². The Labute approximate surface area is 214 Å². The van der Waals surface area contributed by atoms with Gasteiger partial charge in [0.25, 0.3) is 5.91 Å². The lowest BCUT2D eigenvalue weighted by Gasteiger charge is -2.46. The number of thioether (sulfide) groups is 1. The SMILES string of the molecule is CCNC(=O)[C@@]1(C)SC(N)=N[C@](C)(c2cc(NC(=O)c3cnc(OCC(F)(F)F)cn3)ccc2F)C1C. The van der Waals surface area contributed by atoms with Gasteiger partial charge in [0.1, 0.15) is 16.3 Å². The Morgan fingerprint density at radius 2 is 1.92 bits per heavy atom. The molecule has 1 unspecified atom stereocenters. The monoisotopic (exact) mass is 542 g/mol. The number of nitrogens with two attached hydrogens (primary N) is 1. The van der Waals surface area contributed by atoms with Crippen molar-refractivity contribution in [1.82, 2.24) is 15.3 Å². The van der Waals surface area contributed by atoms with Gasteiger partial charge >= 0.3 is 6.18 Å². The number of aromatic nitrogens is 2. The number of carbonyl (C=O) groups excluding carboxylic acids is 2. The third-order valence-electron chi connectivity index (χ3n) is 6.13. The van der Waals surface area contributed by atoms with E-state index in [1.54, 1.807) is 27.7 Å². The number of ether oxygens (including phenoxy) is 1. The highest BCUT2D eigenvalue weighted by molar-refractivity contribution is 8.15. The largest absolute Gasteiger partial charge is 0.467 e. The van der Waals surface area contributed by atoms with Gasteiger partial charge in [0.15, 0.2) is 11.8 Å². The average molecular weight is 543 g/mol. The molecule has 0 radical (unpaired) electrons. The minimum Gasteiger partial charge on any atom is -0.467 e. The minimum absolute atomic E-state index is 0.110. The topological polar surface area (TPSA) is 132 Å². The van der Waals surface area contributed by atoms with E-state index in [0.29, 0.717) is 6.54 Å². The molecular weight excluding hydrogens is 516 g/mol. The van der Waals surface area contributed by atoms with Gasteiger partial charge < -0.3 is 21.1 Å². The Kier molecular flexibility index (Phi) is 8.00. The van der Waals surface area contributed by atoms with E-state index >= 15 is 4.39 Å². The second-order valence-corrected chi connectivity index (χ2v) is 10.2. The summed E-state index contributed by atoms with van der Waals surface area (Å²) in [6.45, 7) is 5.81. The van der Waals surface area contributed by atoms with E-state index in [0.717, 1.165) is 30.2 Å². The van der Waals surface area contributed by atoms with Gasteiger partial charge in [-0.05, 0) is 39.0 Å². The molecule has 200 valence electrons. The number of amides is 2. The molecule has 3 rings (SSSR count). The molecule has 0 aliphatic carbocycles. The Hall–Kier alpha value is -3.42. The minimum atomic E-state index is -4.55. The number of amidine groups is 1. The Balaban J connectivity index is 1.86. The average Bonchev–Trinajstić information content (AvgIpc) is 2.82. The predicted molar refractivity (Wildman–Crippen MR) is 131 cm³/mol. The predicted octanol–water partition coefficient (Wildman–Crippen LogP) is 3.62. The maximum absolute atomic E-state index is 15.1. The van der Waals surface area contributed by atoms with Crippen LogP contribution in [0.3, 0.4) is 0 Å². The fourth-order valence-corrected chi connectivity index (χ4v) is 5.15. The molecule has 4 N–H and O–H groups in total. The molecule has 1 aromatic carbocycles.